The predicted octanol–water partition coefficient (Wildman–Crippen LogP) is 9.75. The van der Waals surface area contributed by atoms with Crippen molar-refractivity contribution >= 4 is 0 Å². The molecule has 218 valence electrons. The number of nitriles is 1. The van der Waals surface area contributed by atoms with Gasteiger partial charge in [0.2, 0.25) is 0 Å². The molecule has 5 aromatic rings. The lowest BCUT2D eigenvalue weighted by atomic mass is 9.78. The summed E-state index contributed by atoms with van der Waals surface area (Å²) < 4.78 is 22.4. The number of nitrogens with zero attached hydrogens (tertiary/aromatic N) is 1. The summed E-state index contributed by atoms with van der Waals surface area (Å²) in [5.41, 5.74) is 4.09. The highest BCUT2D eigenvalue weighted by Crippen LogP contribution is 2.36. The highest BCUT2D eigenvalue weighted by molar-refractivity contribution is 5.46. The van der Waals surface area contributed by atoms with Gasteiger partial charge in [0.15, 0.2) is 0 Å². The highest BCUT2D eigenvalue weighted by Gasteiger charge is 2.24. The minimum Gasteiger partial charge on any atom is -0.457 e. The quantitative estimate of drug-likeness (QED) is 0.122. The summed E-state index contributed by atoms with van der Waals surface area (Å²) in [5.74, 6) is 3.99. The van der Waals surface area contributed by atoms with Gasteiger partial charge in [0.25, 0.3) is 6.26 Å². The van der Waals surface area contributed by atoms with E-state index in [1.54, 1.807) is 18.4 Å². The minimum absolute atomic E-state index is 0.219. The van der Waals surface area contributed by atoms with Crippen molar-refractivity contribution < 1.29 is 18.9 Å². The molecule has 5 aromatic carbocycles. The van der Waals surface area contributed by atoms with Crippen LogP contribution in [-0.2, 0) is 10.8 Å². The Morgan fingerprint density at radius 1 is 0.477 bits per heavy atom. The molecule has 5 nitrogen and oxygen atoms in total. The summed E-state index contributed by atoms with van der Waals surface area (Å²) in [7, 11) is 0. The van der Waals surface area contributed by atoms with Gasteiger partial charge in [-0.1, -0.05) is 88.7 Å². The first-order valence-electron chi connectivity index (χ1n) is 14.3. The molecule has 0 saturated heterocycles. The normalized spacial score (nSPS) is 11.1. The average molecular weight is 580 g/mol. The minimum atomic E-state index is -0.246. The molecule has 0 amide bonds. The van der Waals surface area contributed by atoms with Crippen LogP contribution >= 0.6 is 0 Å². The Bertz CT molecular complexity index is 1660. The maximum absolute atomic E-state index is 8.73. The zero-order valence-electron chi connectivity index (χ0n) is 25.2. The van der Waals surface area contributed by atoms with Crippen molar-refractivity contribution in [2.24, 2.45) is 0 Å². The molecule has 0 aliphatic carbocycles. The molecular weight excluding hydrogens is 546 g/mol. The first kappa shape index (κ1) is 29.8. The van der Waals surface area contributed by atoms with Crippen molar-refractivity contribution in [2.75, 3.05) is 0 Å². The van der Waals surface area contributed by atoms with Crippen molar-refractivity contribution in [3.63, 3.8) is 0 Å². The maximum Gasteiger partial charge on any atom is 0.292 e. The summed E-state index contributed by atoms with van der Waals surface area (Å²) in [6.07, 6.45) is 9.13. The molecule has 5 rings (SSSR count). The SMILES string of the molecule is C#COc1ccc(C(C)(C)c2ccc(Oc3cccc(Oc4ccc(C(C)(C)c5ccc(OC#N)cc5)cc4)c3)cc2)cc1. The highest BCUT2D eigenvalue weighted by atomic mass is 16.5. The molecule has 0 spiro atoms. The van der Waals surface area contributed by atoms with E-state index in [1.807, 2.05) is 84.9 Å². The summed E-state index contributed by atoms with van der Waals surface area (Å²) in [6.45, 7) is 8.68. The summed E-state index contributed by atoms with van der Waals surface area (Å²) >= 11 is 0. The Labute approximate surface area is 259 Å². The van der Waals surface area contributed by atoms with Gasteiger partial charge < -0.3 is 18.9 Å². The fourth-order valence-electron chi connectivity index (χ4n) is 5.09. The van der Waals surface area contributed by atoms with Crippen LogP contribution in [0.5, 0.6) is 34.5 Å². The Morgan fingerprint density at radius 2 is 0.818 bits per heavy atom. The summed E-state index contributed by atoms with van der Waals surface area (Å²) in [6, 6.07) is 39.2. The molecule has 0 aliphatic heterocycles. The van der Waals surface area contributed by atoms with Crippen molar-refractivity contribution in [2.45, 2.75) is 38.5 Å². The van der Waals surface area contributed by atoms with Gasteiger partial charge in [0, 0.05) is 16.9 Å². The number of hydrogen-bond acceptors (Lipinski definition) is 5. The zero-order chi connectivity index (χ0) is 31.2. The largest absolute Gasteiger partial charge is 0.457 e. The molecule has 0 fully saturated rings. The molecule has 0 unspecified atom stereocenters. The molecule has 0 aromatic heterocycles. The van der Waals surface area contributed by atoms with Crippen LogP contribution in [0.3, 0.4) is 0 Å². The van der Waals surface area contributed by atoms with Gasteiger partial charge in [-0.15, -0.1) is 5.26 Å². The lowest BCUT2D eigenvalue weighted by Crippen LogP contribution is -2.18. The second-order valence-corrected chi connectivity index (χ2v) is 11.4. The Hall–Kier alpha value is -5.65. The molecular formula is C39H33NO4. The first-order chi connectivity index (χ1) is 21.2. The fourth-order valence-corrected chi connectivity index (χ4v) is 5.09. The predicted molar refractivity (Wildman–Crippen MR) is 172 cm³/mol. The van der Waals surface area contributed by atoms with Crippen LogP contribution in [0.25, 0.3) is 0 Å². The van der Waals surface area contributed by atoms with Crippen molar-refractivity contribution in [1.82, 2.24) is 0 Å². The van der Waals surface area contributed by atoms with Crippen LogP contribution in [0.4, 0.5) is 0 Å². The molecule has 0 bridgehead atoms. The number of terminal acetylenes is 1. The summed E-state index contributed by atoms with van der Waals surface area (Å²) in [4.78, 5) is 0. The molecule has 0 heterocycles. The third kappa shape index (κ3) is 6.70. The Kier molecular flexibility index (Phi) is 8.61. The van der Waals surface area contributed by atoms with Crippen LogP contribution < -0.4 is 18.9 Å². The van der Waals surface area contributed by atoms with E-state index in [9.17, 15) is 0 Å². The number of benzene rings is 5. The van der Waals surface area contributed by atoms with Gasteiger partial charge >= 0.3 is 0 Å². The lowest BCUT2D eigenvalue weighted by molar-refractivity contribution is 0.459. The monoisotopic (exact) mass is 579 g/mol. The second kappa shape index (κ2) is 12.7. The van der Waals surface area contributed by atoms with Gasteiger partial charge in [0.05, 0.1) is 0 Å². The van der Waals surface area contributed by atoms with E-state index in [4.69, 9.17) is 30.6 Å². The van der Waals surface area contributed by atoms with Crippen molar-refractivity contribution in [3.8, 4) is 53.3 Å². The molecule has 0 aliphatic rings. The molecule has 0 N–H and O–H groups in total. The third-order valence-electron chi connectivity index (χ3n) is 7.92. The van der Waals surface area contributed by atoms with Crippen molar-refractivity contribution in [1.29, 1.82) is 5.26 Å². The number of ether oxygens (including phenoxy) is 4. The molecule has 0 radical (unpaired) electrons. The third-order valence-corrected chi connectivity index (χ3v) is 7.92. The topological polar surface area (TPSA) is 60.7 Å². The van der Waals surface area contributed by atoms with Crippen LogP contribution in [0, 0.1) is 24.0 Å². The van der Waals surface area contributed by atoms with Crippen LogP contribution in [0.2, 0.25) is 0 Å². The maximum atomic E-state index is 8.73. The van der Waals surface area contributed by atoms with Crippen molar-refractivity contribution in [3.05, 3.63) is 144 Å². The Balaban J connectivity index is 1.23. The van der Waals surface area contributed by atoms with Gasteiger partial charge in [-0.3, -0.25) is 0 Å². The van der Waals surface area contributed by atoms with Crippen LogP contribution in [-0.4, -0.2) is 0 Å². The van der Waals surface area contributed by atoms with E-state index in [2.05, 4.69) is 58.1 Å². The van der Waals surface area contributed by atoms with Crippen LogP contribution in [0.1, 0.15) is 49.9 Å². The molecule has 0 saturated carbocycles. The smallest absolute Gasteiger partial charge is 0.292 e. The van der Waals surface area contributed by atoms with Gasteiger partial charge in [-0.2, -0.15) is 0 Å². The van der Waals surface area contributed by atoms with E-state index in [1.165, 1.54) is 0 Å². The number of hydrogen-bond donors (Lipinski definition) is 0. The van der Waals surface area contributed by atoms with E-state index < -0.39 is 0 Å². The van der Waals surface area contributed by atoms with Gasteiger partial charge in [-0.05, 0) is 82.9 Å². The van der Waals surface area contributed by atoms with Crippen LogP contribution in [0.15, 0.2) is 121 Å². The van der Waals surface area contributed by atoms with E-state index in [-0.39, 0.29) is 10.8 Å². The standard InChI is InChI=1S/C39H33NO4/c1-6-41-32-18-10-28(11-19-32)38(2,3)30-14-22-34(23-15-30)43-36-8-7-9-37(26-36)44-35-24-16-31(17-25-35)39(4,5)29-12-20-33(21-13-29)42-27-40/h1,7-26H,2-5H3. The van der Waals surface area contributed by atoms with Gasteiger partial charge in [0.1, 0.15) is 40.6 Å². The van der Waals surface area contributed by atoms with E-state index in [0.29, 0.717) is 23.0 Å². The Morgan fingerprint density at radius 3 is 1.16 bits per heavy atom. The van der Waals surface area contributed by atoms with E-state index in [0.717, 1.165) is 33.8 Å². The second-order valence-electron chi connectivity index (χ2n) is 11.4. The molecule has 44 heavy (non-hydrogen) atoms. The zero-order valence-corrected chi connectivity index (χ0v) is 25.2. The lowest BCUT2D eigenvalue weighted by Gasteiger charge is -2.26. The summed E-state index contributed by atoms with van der Waals surface area (Å²) in [5, 5.41) is 8.73. The average Bonchev–Trinajstić information content (AvgIpc) is 3.03. The molecule has 0 atom stereocenters. The molecule has 5 heteroatoms. The van der Waals surface area contributed by atoms with E-state index >= 15 is 0 Å². The first-order valence-corrected chi connectivity index (χ1v) is 14.3. The van der Waals surface area contributed by atoms with Gasteiger partial charge in [-0.25, -0.2) is 0 Å². The fraction of sp³-hybridized carbons (Fsp3) is 0.154. The number of rotatable bonds is 10.